The summed E-state index contributed by atoms with van der Waals surface area (Å²) in [6.07, 6.45) is 3.53. The maximum Gasteiger partial charge on any atom is 0.503 e. The summed E-state index contributed by atoms with van der Waals surface area (Å²) < 4.78 is 0. The number of allylic oxidation sites excluding steroid dienone is 2. The first-order valence-electron chi connectivity index (χ1n) is 3.23. The maximum atomic E-state index is 8.56. The molecule has 0 spiro atoms. The predicted octanol–water partition coefficient (Wildman–Crippen LogP) is 2.96. The molecule has 0 rings (SSSR count). The second-order valence-electron chi connectivity index (χ2n) is 1.73. The Hall–Kier alpha value is -0.510. The number of hydrogen-bond donors (Lipinski definition) is 2. The van der Waals surface area contributed by atoms with Gasteiger partial charge in [-0.15, -0.1) is 0 Å². The molecule has 0 amide bonds. The minimum absolute atomic E-state index is 0.581. The Kier molecular flexibility index (Phi) is 11.3. The highest BCUT2D eigenvalue weighted by molar-refractivity contribution is 9.09. The SMILES string of the molecule is CC=CC(Br)CC.O=C(O)O. The van der Waals surface area contributed by atoms with Crippen molar-refractivity contribution in [2.24, 2.45) is 0 Å². The molecule has 1 atom stereocenters. The Bertz CT molecular complexity index is 119. The van der Waals surface area contributed by atoms with E-state index in [-0.39, 0.29) is 0 Å². The third kappa shape index (κ3) is 26.4. The van der Waals surface area contributed by atoms with E-state index in [0.717, 1.165) is 0 Å². The summed E-state index contributed by atoms with van der Waals surface area (Å²) in [5.41, 5.74) is 0. The molecule has 0 aromatic rings. The van der Waals surface area contributed by atoms with E-state index in [4.69, 9.17) is 15.0 Å². The molecule has 0 aliphatic rings. The zero-order valence-electron chi connectivity index (χ0n) is 6.62. The summed E-state index contributed by atoms with van der Waals surface area (Å²) in [5.74, 6) is 0. The summed E-state index contributed by atoms with van der Waals surface area (Å²) in [6.45, 7) is 4.18. The molecule has 4 heteroatoms. The quantitative estimate of drug-likeness (QED) is 0.561. The largest absolute Gasteiger partial charge is 0.503 e. The highest BCUT2D eigenvalue weighted by Crippen LogP contribution is 2.04. The number of alkyl halides is 1. The van der Waals surface area contributed by atoms with E-state index in [1.807, 2.05) is 6.92 Å². The average Bonchev–Trinajstić information content (AvgIpc) is 1.87. The maximum absolute atomic E-state index is 8.56. The van der Waals surface area contributed by atoms with Crippen LogP contribution in [0.3, 0.4) is 0 Å². The van der Waals surface area contributed by atoms with E-state index >= 15 is 0 Å². The van der Waals surface area contributed by atoms with Crippen molar-refractivity contribution in [3.63, 3.8) is 0 Å². The molecule has 0 aromatic carbocycles. The van der Waals surface area contributed by atoms with E-state index in [1.165, 1.54) is 6.42 Å². The predicted molar refractivity (Wildman–Crippen MR) is 48.5 cm³/mol. The Morgan fingerprint density at radius 1 is 1.64 bits per heavy atom. The van der Waals surface area contributed by atoms with Gasteiger partial charge in [0.05, 0.1) is 0 Å². The van der Waals surface area contributed by atoms with Crippen molar-refractivity contribution in [2.75, 3.05) is 0 Å². The van der Waals surface area contributed by atoms with Crippen LogP contribution in [0, 0.1) is 0 Å². The molecular weight excluding hydrogens is 212 g/mol. The second kappa shape index (κ2) is 9.49. The zero-order chi connectivity index (χ0) is 9.28. The Morgan fingerprint density at radius 3 is 2.09 bits per heavy atom. The smallest absolute Gasteiger partial charge is 0.450 e. The standard InChI is InChI=1S/C6H11Br.CH2O3/c1-3-5-6(7)4-2;2-1(3)4/h3,5-6H,4H2,1-2H3;(H2,2,3,4). The fourth-order valence-corrected chi connectivity index (χ4v) is 0.650. The Balaban J connectivity index is 0. The fourth-order valence-electron chi connectivity index (χ4n) is 0.345. The molecule has 0 heterocycles. The van der Waals surface area contributed by atoms with Gasteiger partial charge in [-0.2, -0.15) is 0 Å². The van der Waals surface area contributed by atoms with Crippen molar-refractivity contribution >= 4 is 22.1 Å². The minimum Gasteiger partial charge on any atom is -0.450 e. The van der Waals surface area contributed by atoms with E-state index < -0.39 is 6.16 Å². The van der Waals surface area contributed by atoms with E-state index in [0.29, 0.717) is 4.83 Å². The lowest BCUT2D eigenvalue weighted by atomic mass is 10.3. The second-order valence-corrected chi connectivity index (χ2v) is 2.91. The average molecular weight is 225 g/mol. The van der Waals surface area contributed by atoms with Crippen molar-refractivity contribution in [1.29, 1.82) is 0 Å². The molecule has 1 unspecified atom stereocenters. The number of hydrogen-bond acceptors (Lipinski definition) is 1. The van der Waals surface area contributed by atoms with E-state index in [9.17, 15) is 0 Å². The van der Waals surface area contributed by atoms with Gasteiger partial charge in [-0.25, -0.2) is 4.79 Å². The molecule has 0 saturated heterocycles. The highest BCUT2D eigenvalue weighted by Gasteiger charge is 1.88. The fraction of sp³-hybridized carbons (Fsp3) is 0.571. The lowest BCUT2D eigenvalue weighted by molar-refractivity contribution is 0.137. The van der Waals surface area contributed by atoms with Gasteiger partial charge in [0.1, 0.15) is 0 Å². The molecule has 0 aliphatic heterocycles. The first-order chi connectivity index (χ1) is 5.04. The number of halogens is 1. The molecule has 0 radical (unpaired) electrons. The molecule has 0 bridgehead atoms. The van der Waals surface area contributed by atoms with Gasteiger partial charge in [-0.05, 0) is 13.3 Å². The summed E-state index contributed by atoms with van der Waals surface area (Å²) in [4.78, 5) is 9.14. The molecule has 66 valence electrons. The van der Waals surface area contributed by atoms with Gasteiger partial charge in [-0.1, -0.05) is 35.0 Å². The third-order valence-electron chi connectivity index (χ3n) is 0.791. The minimum atomic E-state index is -1.83. The first kappa shape index (κ1) is 13.1. The van der Waals surface area contributed by atoms with Crippen LogP contribution in [0.1, 0.15) is 20.3 Å². The first-order valence-corrected chi connectivity index (χ1v) is 4.14. The lowest BCUT2D eigenvalue weighted by Crippen LogP contribution is -1.85. The number of rotatable bonds is 2. The van der Waals surface area contributed by atoms with Crippen LogP contribution in [0.15, 0.2) is 12.2 Å². The van der Waals surface area contributed by atoms with Crippen molar-refractivity contribution < 1.29 is 15.0 Å². The molecule has 2 N–H and O–H groups in total. The van der Waals surface area contributed by atoms with Gasteiger partial charge in [0.15, 0.2) is 0 Å². The van der Waals surface area contributed by atoms with Crippen LogP contribution in [0.25, 0.3) is 0 Å². The van der Waals surface area contributed by atoms with E-state index in [1.54, 1.807) is 0 Å². The van der Waals surface area contributed by atoms with Crippen molar-refractivity contribution in [3.8, 4) is 0 Å². The van der Waals surface area contributed by atoms with Gasteiger partial charge >= 0.3 is 6.16 Å². The molecule has 11 heavy (non-hydrogen) atoms. The van der Waals surface area contributed by atoms with Gasteiger partial charge < -0.3 is 10.2 Å². The van der Waals surface area contributed by atoms with Crippen LogP contribution < -0.4 is 0 Å². The van der Waals surface area contributed by atoms with Crippen molar-refractivity contribution in [2.45, 2.75) is 25.1 Å². The van der Waals surface area contributed by atoms with Gasteiger partial charge in [0, 0.05) is 4.83 Å². The zero-order valence-corrected chi connectivity index (χ0v) is 8.21. The number of carboxylic acid groups (broad SMARTS) is 2. The third-order valence-corrected chi connectivity index (χ3v) is 1.74. The summed E-state index contributed by atoms with van der Waals surface area (Å²) >= 11 is 3.45. The van der Waals surface area contributed by atoms with E-state index in [2.05, 4.69) is 35.0 Å². The van der Waals surface area contributed by atoms with Gasteiger partial charge in [0.2, 0.25) is 0 Å². The summed E-state index contributed by atoms with van der Waals surface area (Å²) in [7, 11) is 0. The Morgan fingerprint density at radius 2 is 2.00 bits per heavy atom. The van der Waals surface area contributed by atoms with Crippen LogP contribution in [-0.2, 0) is 0 Å². The Labute approximate surface area is 74.9 Å². The van der Waals surface area contributed by atoms with Crippen molar-refractivity contribution in [3.05, 3.63) is 12.2 Å². The topological polar surface area (TPSA) is 57.5 Å². The summed E-state index contributed by atoms with van der Waals surface area (Å²) in [6, 6.07) is 0. The van der Waals surface area contributed by atoms with Crippen LogP contribution >= 0.6 is 15.9 Å². The van der Waals surface area contributed by atoms with Gasteiger partial charge in [0.25, 0.3) is 0 Å². The summed E-state index contributed by atoms with van der Waals surface area (Å²) in [5, 5.41) is 13.9. The van der Waals surface area contributed by atoms with Crippen LogP contribution in [0.4, 0.5) is 4.79 Å². The van der Waals surface area contributed by atoms with Crippen molar-refractivity contribution in [1.82, 2.24) is 0 Å². The molecule has 0 aliphatic carbocycles. The molecule has 0 aromatic heterocycles. The van der Waals surface area contributed by atoms with Crippen LogP contribution in [0.5, 0.6) is 0 Å². The monoisotopic (exact) mass is 224 g/mol. The number of carbonyl (C=O) groups is 1. The lowest BCUT2D eigenvalue weighted by Gasteiger charge is -1.93. The molecule has 0 fully saturated rings. The molecule has 0 saturated carbocycles. The normalized spacial score (nSPS) is 11.9. The van der Waals surface area contributed by atoms with Crippen LogP contribution in [-0.4, -0.2) is 21.2 Å². The van der Waals surface area contributed by atoms with Crippen LogP contribution in [0.2, 0.25) is 0 Å². The van der Waals surface area contributed by atoms with Gasteiger partial charge in [-0.3, -0.25) is 0 Å². The highest BCUT2D eigenvalue weighted by atomic mass is 79.9. The molecule has 3 nitrogen and oxygen atoms in total. The molecular formula is C7H13BrO3.